The van der Waals surface area contributed by atoms with Gasteiger partial charge in [-0.1, -0.05) is 12.2 Å². The summed E-state index contributed by atoms with van der Waals surface area (Å²) in [4.78, 5) is 69.4. The first-order valence-electron chi connectivity index (χ1n) is 21.8. The fourth-order valence-electron chi connectivity index (χ4n) is 10.0. The van der Waals surface area contributed by atoms with Gasteiger partial charge in [-0.25, -0.2) is 18.7 Å². The van der Waals surface area contributed by atoms with E-state index in [1.807, 2.05) is 55.2 Å². The minimum absolute atomic E-state index is 0.0210. The number of rotatable bonds is 11. The van der Waals surface area contributed by atoms with Crippen molar-refractivity contribution in [1.29, 1.82) is 0 Å². The summed E-state index contributed by atoms with van der Waals surface area (Å²) in [6.45, 7) is 9.90. The van der Waals surface area contributed by atoms with E-state index in [1.54, 1.807) is 0 Å². The molecule has 2 aromatic heterocycles. The molecule has 4 amide bonds. The Morgan fingerprint density at radius 2 is 1.62 bits per heavy atom. The number of amides is 4. The molecule has 61 heavy (non-hydrogen) atoms. The van der Waals surface area contributed by atoms with Gasteiger partial charge < -0.3 is 14.5 Å². The van der Waals surface area contributed by atoms with Crippen LogP contribution in [0.2, 0.25) is 0 Å². The van der Waals surface area contributed by atoms with Crippen LogP contribution in [0.3, 0.4) is 0 Å². The van der Waals surface area contributed by atoms with Gasteiger partial charge in [-0.3, -0.25) is 44.3 Å². The third-order valence-electron chi connectivity index (χ3n) is 13.4. The number of nitrogens with one attached hydrogen (secondary N) is 2. The molecule has 2 N–H and O–H groups in total. The lowest BCUT2D eigenvalue weighted by Crippen LogP contribution is -2.54. The number of aromatic amines is 1. The second-order valence-corrected chi connectivity index (χ2v) is 17.7. The van der Waals surface area contributed by atoms with E-state index in [2.05, 4.69) is 40.2 Å². The Bertz CT molecular complexity index is 2240. The molecule has 1 aromatic carbocycles. The van der Waals surface area contributed by atoms with E-state index >= 15 is 8.78 Å². The number of piperidine rings is 3. The molecule has 5 fully saturated rings. The van der Waals surface area contributed by atoms with Gasteiger partial charge in [0.25, 0.3) is 17.7 Å². The van der Waals surface area contributed by atoms with Crippen molar-refractivity contribution in [3.63, 3.8) is 0 Å². The average molecular weight is 841 g/mol. The Kier molecular flexibility index (Phi) is 11.5. The van der Waals surface area contributed by atoms with E-state index in [0.29, 0.717) is 87.0 Å². The first-order valence-corrected chi connectivity index (χ1v) is 21.8. The van der Waals surface area contributed by atoms with Gasteiger partial charge in [0.15, 0.2) is 0 Å². The highest BCUT2D eigenvalue weighted by atomic mass is 19.3. The molecule has 0 spiro atoms. The third kappa shape index (κ3) is 8.56. The van der Waals surface area contributed by atoms with E-state index < -0.39 is 41.5 Å². The number of carbonyl (C=O) groups is 4. The standard InChI is InChI=1S/C44H54F2N10O5/c1-27(2)61-31-4-6-35-34(22-31)40(51-50-35)36-23-38(48-26-47-36)55-19-17-53(18-20-55)25-44(45,46)29-11-13-52(14-12-29)24-28-9-15-54(16-10-28)30-3-5-32-33(21-30)43(60)56(42(32)59)37-7-8-39(57)49-41(37)58/h4-6,21-23,26-30,37H,3,7-20,24-25H2,1-2H3,(H,50,51)(H,49,57,58). The Morgan fingerprint density at radius 3 is 2.36 bits per heavy atom. The predicted octanol–water partition coefficient (Wildman–Crippen LogP) is 3.79. The van der Waals surface area contributed by atoms with Crippen LogP contribution in [0.4, 0.5) is 14.6 Å². The lowest BCUT2D eigenvalue weighted by molar-refractivity contribution is -0.149. The number of imide groups is 2. The lowest BCUT2D eigenvalue weighted by atomic mass is 9.88. The minimum atomic E-state index is -2.77. The molecule has 9 rings (SSSR count). The predicted molar refractivity (Wildman–Crippen MR) is 223 cm³/mol. The number of ether oxygens (including phenoxy) is 1. The number of carbonyl (C=O) groups excluding carboxylic acids is 4. The maximum atomic E-state index is 15.8. The maximum Gasteiger partial charge on any atom is 0.263 e. The zero-order valence-corrected chi connectivity index (χ0v) is 34.8. The zero-order chi connectivity index (χ0) is 42.4. The number of hydrogen-bond acceptors (Lipinski definition) is 12. The number of anilines is 1. The lowest BCUT2D eigenvalue weighted by Gasteiger charge is -2.42. The molecule has 2 atom stereocenters. The van der Waals surface area contributed by atoms with E-state index in [-0.39, 0.29) is 31.5 Å². The molecule has 3 aromatic rings. The molecule has 5 saturated heterocycles. The van der Waals surface area contributed by atoms with E-state index in [1.165, 1.54) is 6.33 Å². The van der Waals surface area contributed by atoms with Crippen LogP contribution >= 0.6 is 0 Å². The fraction of sp³-hybridized carbons (Fsp3) is 0.568. The number of nitrogens with zero attached hydrogens (tertiary/aromatic N) is 8. The van der Waals surface area contributed by atoms with Crippen molar-refractivity contribution in [3.05, 3.63) is 53.9 Å². The summed E-state index contributed by atoms with van der Waals surface area (Å²) in [7, 11) is 0. The van der Waals surface area contributed by atoms with E-state index in [4.69, 9.17) is 4.74 Å². The van der Waals surface area contributed by atoms with Crippen LogP contribution in [0.15, 0.2) is 53.9 Å². The molecule has 0 saturated carbocycles. The molecular formula is C44H54F2N10O5. The Balaban J connectivity index is 0.715. The third-order valence-corrected chi connectivity index (χ3v) is 13.4. The summed E-state index contributed by atoms with van der Waals surface area (Å²) >= 11 is 0. The number of hydrogen-bond donors (Lipinski definition) is 2. The molecule has 17 heteroatoms. The number of halogens is 2. The van der Waals surface area contributed by atoms with Crippen LogP contribution in [0.1, 0.15) is 58.8 Å². The van der Waals surface area contributed by atoms with Crippen molar-refractivity contribution < 1.29 is 32.7 Å². The molecule has 7 heterocycles. The highest BCUT2D eigenvalue weighted by molar-refractivity contribution is 6.26. The van der Waals surface area contributed by atoms with Gasteiger partial charge in [-0.15, -0.1) is 0 Å². The summed E-state index contributed by atoms with van der Waals surface area (Å²) in [6.07, 6.45) is 9.00. The Morgan fingerprint density at radius 1 is 0.869 bits per heavy atom. The molecule has 324 valence electrons. The normalized spacial score (nSPS) is 24.4. The van der Waals surface area contributed by atoms with Crippen molar-refractivity contribution in [2.45, 2.75) is 82.9 Å². The number of aromatic nitrogens is 4. The van der Waals surface area contributed by atoms with Gasteiger partial charge in [0.1, 0.15) is 29.6 Å². The zero-order valence-electron chi connectivity index (χ0n) is 34.8. The van der Waals surface area contributed by atoms with Gasteiger partial charge in [0, 0.05) is 68.1 Å². The minimum Gasteiger partial charge on any atom is -0.491 e. The van der Waals surface area contributed by atoms with Crippen molar-refractivity contribution in [3.8, 4) is 17.1 Å². The van der Waals surface area contributed by atoms with Crippen LogP contribution in [-0.2, 0) is 19.2 Å². The highest BCUT2D eigenvalue weighted by Gasteiger charge is 2.48. The molecule has 1 aliphatic carbocycles. The van der Waals surface area contributed by atoms with Crippen molar-refractivity contribution >= 4 is 40.3 Å². The molecule has 0 bridgehead atoms. The van der Waals surface area contributed by atoms with Crippen molar-refractivity contribution in [2.24, 2.45) is 11.8 Å². The van der Waals surface area contributed by atoms with Gasteiger partial charge in [-0.2, -0.15) is 5.10 Å². The van der Waals surface area contributed by atoms with Crippen molar-refractivity contribution in [2.75, 3.05) is 70.3 Å². The second kappa shape index (κ2) is 17.0. The molecule has 6 aliphatic rings. The van der Waals surface area contributed by atoms with Crippen LogP contribution in [0.5, 0.6) is 5.75 Å². The molecule has 5 aliphatic heterocycles. The molecule has 15 nitrogen and oxygen atoms in total. The second-order valence-electron chi connectivity index (χ2n) is 17.7. The Hall–Kier alpha value is -5.13. The van der Waals surface area contributed by atoms with Crippen LogP contribution in [0, 0.1) is 11.8 Å². The summed E-state index contributed by atoms with van der Waals surface area (Å²) in [6, 6.07) is 6.74. The van der Waals surface area contributed by atoms with Crippen LogP contribution in [0.25, 0.3) is 22.3 Å². The first-order chi connectivity index (χ1) is 29.4. The number of piperazine rings is 1. The Labute approximate surface area is 353 Å². The SMILES string of the molecule is CC(C)Oc1ccc2[nH]nc(-c3cc(N4CCN(CC(F)(F)C5CCN(CC6CCN(C7C=C8C(=O)N(C9CCC(=O)NC9=O)C(=O)C8=CC7)CC6)CC5)CC4)ncn3)c2c1. The molecular weight excluding hydrogens is 787 g/mol. The number of likely N-dealkylation sites (tertiary alicyclic amines) is 3. The van der Waals surface area contributed by atoms with Gasteiger partial charge >= 0.3 is 0 Å². The van der Waals surface area contributed by atoms with E-state index in [9.17, 15) is 19.2 Å². The van der Waals surface area contributed by atoms with Crippen LogP contribution in [-0.4, -0.2) is 153 Å². The monoisotopic (exact) mass is 840 g/mol. The summed E-state index contributed by atoms with van der Waals surface area (Å²) < 4.78 is 37.6. The van der Waals surface area contributed by atoms with E-state index in [0.717, 1.165) is 59.8 Å². The highest BCUT2D eigenvalue weighted by Crippen LogP contribution is 2.37. The largest absolute Gasteiger partial charge is 0.491 e. The summed E-state index contributed by atoms with van der Waals surface area (Å²) in [5.41, 5.74) is 2.96. The van der Waals surface area contributed by atoms with Gasteiger partial charge in [0.2, 0.25) is 11.8 Å². The fourth-order valence-corrected chi connectivity index (χ4v) is 10.0. The summed E-state index contributed by atoms with van der Waals surface area (Å²) in [5, 5.41) is 10.8. The maximum absolute atomic E-state index is 15.8. The number of H-pyrrole nitrogens is 1. The number of fused-ring (bicyclic) bond motifs is 2. The van der Waals surface area contributed by atoms with Crippen LogP contribution < -0.4 is 15.0 Å². The van der Waals surface area contributed by atoms with Gasteiger partial charge in [-0.05, 0) is 103 Å². The smallest absolute Gasteiger partial charge is 0.263 e. The average Bonchev–Trinajstić information content (AvgIpc) is 3.78. The first kappa shape index (κ1) is 41.2. The number of alkyl halides is 2. The topological polar surface area (TPSA) is 160 Å². The molecule has 2 unspecified atom stereocenters. The summed E-state index contributed by atoms with van der Waals surface area (Å²) in [5.74, 6) is -3.38. The molecule has 0 radical (unpaired) electrons. The quantitative estimate of drug-likeness (QED) is 0.270. The van der Waals surface area contributed by atoms with Crippen molar-refractivity contribution in [1.82, 2.24) is 45.1 Å². The van der Waals surface area contributed by atoms with Gasteiger partial charge in [0.05, 0.1) is 29.4 Å². The number of benzene rings is 1.